The third-order valence-corrected chi connectivity index (χ3v) is 6.26. The number of anilines is 1. The number of benzene rings is 1. The molecule has 0 saturated carbocycles. The average molecular weight is 499 g/mol. The maximum atomic E-state index is 12.4. The van der Waals surface area contributed by atoms with Gasteiger partial charge in [-0.2, -0.15) is 0 Å². The number of hydrogen-bond acceptors (Lipinski definition) is 9. The lowest BCUT2D eigenvalue weighted by atomic mass is 10.2. The fourth-order valence-electron chi connectivity index (χ4n) is 4.23. The van der Waals surface area contributed by atoms with E-state index in [-0.39, 0.29) is 29.0 Å². The molecule has 1 saturated heterocycles. The van der Waals surface area contributed by atoms with Gasteiger partial charge < -0.3 is 18.8 Å². The van der Waals surface area contributed by atoms with Crippen molar-refractivity contribution in [3.8, 4) is 5.75 Å². The van der Waals surface area contributed by atoms with Gasteiger partial charge in [-0.15, -0.1) is 0 Å². The van der Waals surface area contributed by atoms with Gasteiger partial charge in [-0.25, -0.2) is 9.59 Å². The van der Waals surface area contributed by atoms with Gasteiger partial charge >= 0.3 is 11.7 Å². The Balaban J connectivity index is 1.28. The number of carbonyl (C=O) groups excluding carboxylic acids is 1. The number of ether oxygens (including phenoxy) is 2. The van der Waals surface area contributed by atoms with Crippen molar-refractivity contribution in [2.45, 2.75) is 13.3 Å². The van der Waals surface area contributed by atoms with Crippen LogP contribution in [0.25, 0.3) is 11.0 Å². The van der Waals surface area contributed by atoms with Crippen molar-refractivity contribution >= 4 is 22.8 Å². The zero-order valence-electron chi connectivity index (χ0n) is 20.7. The molecule has 1 aliphatic rings. The molecule has 0 amide bonds. The number of rotatable bonds is 8. The lowest BCUT2D eigenvalue weighted by molar-refractivity contribution is 0.0490. The SMILES string of the molecule is CCOC(=O)c1cc(=O)c2cc(OCCCN3CCN(c4cc(=O)n(C)c(=O)n4C)CC3)ccc2o1. The molecule has 1 aromatic carbocycles. The monoisotopic (exact) mass is 498 g/mol. The van der Waals surface area contributed by atoms with Crippen LogP contribution in [-0.4, -0.2) is 65.9 Å². The van der Waals surface area contributed by atoms with Gasteiger partial charge in [0.25, 0.3) is 5.56 Å². The first-order chi connectivity index (χ1) is 17.3. The van der Waals surface area contributed by atoms with E-state index >= 15 is 0 Å². The van der Waals surface area contributed by atoms with Gasteiger partial charge in [0.2, 0.25) is 5.76 Å². The lowest BCUT2D eigenvalue weighted by Crippen LogP contribution is -2.49. The summed E-state index contributed by atoms with van der Waals surface area (Å²) in [7, 11) is 3.15. The van der Waals surface area contributed by atoms with Crippen LogP contribution in [0.5, 0.6) is 5.75 Å². The zero-order valence-corrected chi connectivity index (χ0v) is 20.7. The standard InChI is InChI=1S/C25H30N4O7/c1-4-34-24(32)21-15-19(30)18-14-17(6-7-20(18)36-21)35-13-5-8-28-9-11-29(12-10-28)22-16-23(31)27(3)25(33)26(22)2/h6-7,14-16H,4-5,8-13H2,1-3H3. The van der Waals surface area contributed by atoms with Gasteiger partial charge in [-0.1, -0.05) is 0 Å². The average Bonchev–Trinajstić information content (AvgIpc) is 2.88. The summed E-state index contributed by atoms with van der Waals surface area (Å²) in [5.74, 6) is 0.395. The molecule has 3 aromatic rings. The summed E-state index contributed by atoms with van der Waals surface area (Å²) < 4.78 is 18.8. The minimum Gasteiger partial charge on any atom is -0.494 e. The topological polar surface area (TPSA) is 116 Å². The maximum absolute atomic E-state index is 12.4. The molecule has 192 valence electrons. The van der Waals surface area contributed by atoms with Crippen LogP contribution >= 0.6 is 0 Å². The summed E-state index contributed by atoms with van der Waals surface area (Å²) in [4.78, 5) is 52.9. The van der Waals surface area contributed by atoms with Crippen molar-refractivity contribution in [2.75, 3.05) is 50.8 Å². The Bertz CT molecular complexity index is 1430. The smallest absolute Gasteiger partial charge is 0.374 e. The van der Waals surface area contributed by atoms with E-state index in [9.17, 15) is 19.2 Å². The first-order valence-electron chi connectivity index (χ1n) is 11.9. The molecule has 0 atom stereocenters. The second-order valence-corrected chi connectivity index (χ2v) is 8.63. The number of nitrogens with zero attached hydrogens (tertiary/aromatic N) is 4. The van der Waals surface area contributed by atoms with E-state index < -0.39 is 5.97 Å². The summed E-state index contributed by atoms with van der Waals surface area (Å²) >= 11 is 0. The predicted octanol–water partition coefficient (Wildman–Crippen LogP) is 0.958. The third kappa shape index (κ3) is 5.35. The number of aromatic nitrogens is 2. The van der Waals surface area contributed by atoms with Crippen molar-refractivity contribution in [1.82, 2.24) is 14.0 Å². The minimum atomic E-state index is -0.672. The van der Waals surface area contributed by atoms with Gasteiger partial charge in [0.15, 0.2) is 5.43 Å². The number of fused-ring (bicyclic) bond motifs is 1. The molecule has 11 nitrogen and oxygen atoms in total. The van der Waals surface area contributed by atoms with Gasteiger partial charge in [-0.3, -0.25) is 23.6 Å². The highest BCUT2D eigenvalue weighted by molar-refractivity contribution is 5.89. The molecular formula is C25H30N4O7. The molecule has 36 heavy (non-hydrogen) atoms. The molecule has 0 N–H and O–H groups in total. The number of hydrogen-bond donors (Lipinski definition) is 0. The van der Waals surface area contributed by atoms with Crippen molar-refractivity contribution in [2.24, 2.45) is 14.1 Å². The Morgan fingerprint density at radius 1 is 1.00 bits per heavy atom. The van der Waals surface area contributed by atoms with E-state index in [1.54, 1.807) is 32.2 Å². The first kappa shape index (κ1) is 25.2. The molecule has 1 aliphatic heterocycles. The minimum absolute atomic E-state index is 0.125. The van der Waals surface area contributed by atoms with Crippen molar-refractivity contribution in [1.29, 1.82) is 0 Å². The van der Waals surface area contributed by atoms with Crippen LogP contribution in [0.3, 0.4) is 0 Å². The van der Waals surface area contributed by atoms with E-state index in [2.05, 4.69) is 9.80 Å². The summed E-state index contributed by atoms with van der Waals surface area (Å²) in [6.45, 7) is 6.24. The van der Waals surface area contributed by atoms with Crippen LogP contribution in [0, 0.1) is 0 Å². The number of piperazine rings is 1. The molecule has 0 bridgehead atoms. The van der Waals surface area contributed by atoms with Crippen LogP contribution in [0.15, 0.2) is 49.1 Å². The van der Waals surface area contributed by atoms with Gasteiger partial charge in [0.1, 0.15) is 17.2 Å². The Hall–Kier alpha value is -3.86. The highest BCUT2D eigenvalue weighted by atomic mass is 16.5. The lowest BCUT2D eigenvalue weighted by Gasteiger charge is -2.36. The number of carbonyl (C=O) groups is 1. The summed E-state index contributed by atoms with van der Waals surface area (Å²) in [5.41, 5.74) is -0.678. The van der Waals surface area contributed by atoms with Gasteiger partial charge in [-0.05, 0) is 31.5 Å². The highest BCUT2D eigenvalue weighted by Gasteiger charge is 2.20. The van der Waals surface area contributed by atoms with Gasteiger partial charge in [0.05, 0.1) is 18.6 Å². The maximum Gasteiger partial charge on any atom is 0.374 e. The second-order valence-electron chi connectivity index (χ2n) is 8.63. The summed E-state index contributed by atoms with van der Waals surface area (Å²) in [6.07, 6.45) is 0.790. The zero-order chi connectivity index (χ0) is 25.8. The highest BCUT2D eigenvalue weighted by Crippen LogP contribution is 2.20. The van der Waals surface area contributed by atoms with Crippen molar-refractivity contribution < 1.29 is 18.7 Å². The van der Waals surface area contributed by atoms with Crippen LogP contribution in [0.2, 0.25) is 0 Å². The molecule has 3 heterocycles. The van der Waals surface area contributed by atoms with E-state index in [0.29, 0.717) is 29.1 Å². The molecule has 0 unspecified atom stereocenters. The van der Waals surface area contributed by atoms with E-state index in [1.807, 2.05) is 0 Å². The third-order valence-electron chi connectivity index (χ3n) is 6.26. The number of esters is 1. The molecule has 4 rings (SSSR count). The van der Waals surface area contributed by atoms with E-state index in [0.717, 1.165) is 49.8 Å². The van der Waals surface area contributed by atoms with Crippen molar-refractivity contribution in [3.63, 3.8) is 0 Å². The quantitative estimate of drug-likeness (QED) is 0.331. The fraction of sp³-hybridized carbons (Fsp3) is 0.440. The van der Waals surface area contributed by atoms with Crippen LogP contribution < -0.4 is 26.3 Å². The predicted molar refractivity (Wildman–Crippen MR) is 134 cm³/mol. The second kappa shape index (κ2) is 10.8. The molecule has 0 aliphatic carbocycles. The Morgan fingerprint density at radius 2 is 1.75 bits per heavy atom. The van der Waals surface area contributed by atoms with Crippen LogP contribution in [0.1, 0.15) is 23.9 Å². The van der Waals surface area contributed by atoms with Crippen LogP contribution in [0.4, 0.5) is 5.82 Å². The summed E-state index contributed by atoms with van der Waals surface area (Å²) in [6, 6.07) is 7.57. The van der Waals surface area contributed by atoms with E-state index in [1.165, 1.54) is 17.7 Å². The Morgan fingerprint density at radius 3 is 2.47 bits per heavy atom. The van der Waals surface area contributed by atoms with Crippen LogP contribution in [-0.2, 0) is 18.8 Å². The molecule has 2 aromatic heterocycles. The molecule has 0 spiro atoms. The Labute approximate surface area is 207 Å². The molecular weight excluding hydrogens is 468 g/mol. The van der Waals surface area contributed by atoms with E-state index in [4.69, 9.17) is 13.9 Å². The molecule has 1 fully saturated rings. The molecule has 0 radical (unpaired) electrons. The van der Waals surface area contributed by atoms with Gasteiger partial charge in [0, 0.05) is 59.0 Å². The molecule has 11 heteroatoms. The summed E-state index contributed by atoms with van der Waals surface area (Å²) in [5, 5.41) is 0.335. The first-order valence-corrected chi connectivity index (χ1v) is 11.9. The fourth-order valence-corrected chi connectivity index (χ4v) is 4.23. The van der Waals surface area contributed by atoms with Crippen molar-refractivity contribution in [3.05, 3.63) is 67.2 Å². The largest absolute Gasteiger partial charge is 0.494 e. The normalized spacial score (nSPS) is 14.2. The Kier molecular flexibility index (Phi) is 7.58.